The number of nitrogens with one attached hydrogen (secondary N) is 1. The van der Waals surface area contributed by atoms with Crippen LogP contribution in [0.15, 0.2) is 36.0 Å². The maximum Gasteiger partial charge on any atom is 0.335 e. The van der Waals surface area contributed by atoms with E-state index in [1.807, 2.05) is 0 Å². The normalized spacial score (nSPS) is 12.0. The van der Waals surface area contributed by atoms with Crippen LogP contribution < -0.4 is 11.3 Å². The van der Waals surface area contributed by atoms with Crippen LogP contribution in [-0.4, -0.2) is 17.6 Å². The monoisotopic (exact) mass is 182 g/mol. The minimum Gasteiger partial charge on any atom is -0.478 e. The van der Waals surface area contributed by atoms with Crippen LogP contribution in [0.5, 0.6) is 0 Å². The number of nitrogens with two attached hydrogens (primary N) is 1. The van der Waals surface area contributed by atoms with Gasteiger partial charge in [-0.05, 0) is 18.6 Å². The smallest absolute Gasteiger partial charge is 0.335 e. The van der Waals surface area contributed by atoms with E-state index in [9.17, 15) is 4.79 Å². The molecular weight excluding hydrogens is 168 g/mol. The molecule has 0 aromatic rings. The Bertz CT molecular complexity index is 254. The second-order valence-corrected chi connectivity index (χ2v) is 2.42. The third-order valence-electron chi connectivity index (χ3n) is 1.39. The molecule has 13 heavy (non-hydrogen) atoms. The van der Waals surface area contributed by atoms with E-state index in [4.69, 9.17) is 10.9 Å². The zero-order chi connectivity index (χ0) is 10.3. The Morgan fingerprint density at radius 1 is 1.62 bits per heavy atom. The minimum atomic E-state index is -0.952. The fourth-order valence-corrected chi connectivity index (χ4v) is 0.689. The van der Waals surface area contributed by atoms with E-state index in [0.717, 1.165) is 5.57 Å². The number of hydrogen-bond donors (Lipinski definition) is 3. The molecule has 0 radical (unpaired) electrons. The molecule has 0 heterocycles. The SMILES string of the molecule is C=C(/C=C\C(=C/C)C(=O)O)CNN. The van der Waals surface area contributed by atoms with Crippen molar-refractivity contribution in [2.45, 2.75) is 6.92 Å². The number of carbonyl (C=O) groups is 1. The van der Waals surface area contributed by atoms with Crippen molar-refractivity contribution in [3.05, 3.63) is 36.0 Å². The van der Waals surface area contributed by atoms with Crippen molar-refractivity contribution in [2.24, 2.45) is 5.84 Å². The van der Waals surface area contributed by atoms with Crippen molar-refractivity contribution >= 4 is 5.97 Å². The molecule has 0 aliphatic rings. The van der Waals surface area contributed by atoms with Gasteiger partial charge in [0.15, 0.2) is 0 Å². The van der Waals surface area contributed by atoms with Gasteiger partial charge in [0.2, 0.25) is 0 Å². The average molecular weight is 182 g/mol. The summed E-state index contributed by atoms with van der Waals surface area (Å²) in [6.07, 6.45) is 4.62. The second kappa shape index (κ2) is 6.16. The van der Waals surface area contributed by atoms with Crippen LogP contribution in [0, 0.1) is 0 Å². The third-order valence-corrected chi connectivity index (χ3v) is 1.39. The van der Waals surface area contributed by atoms with E-state index < -0.39 is 5.97 Å². The highest BCUT2D eigenvalue weighted by molar-refractivity contribution is 5.89. The molecule has 0 bridgehead atoms. The first-order chi connectivity index (χ1) is 6.11. The molecule has 4 nitrogen and oxygen atoms in total. The van der Waals surface area contributed by atoms with Crippen LogP contribution in [0.2, 0.25) is 0 Å². The molecule has 4 N–H and O–H groups in total. The number of carboxylic acids is 1. The average Bonchev–Trinajstić information content (AvgIpc) is 2.05. The topological polar surface area (TPSA) is 75.3 Å². The number of hydrazine groups is 1. The minimum absolute atomic E-state index is 0.234. The summed E-state index contributed by atoms with van der Waals surface area (Å²) in [5, 5.41) is 8.63. The Balaban J connectivity index is 4.25. The van der Waals surface area contributed by atoms with Gasteiger partial charge in [0.1, 0.15) is 0 Å². The molecule has 0 fully saturated rings. The van der Waals surface area contributed by atoms with E-state index in [1.54, 1.807) is 13.0 Å². The van der Waals surface area contributed by atoms with Gasteiger partial charge in [-0.3, -0.25) is 11.3 Å². The molecule has 0 unspecified atom stereocenters. The molecule has 0 aromatic heterocycles. The summed E-state index contributed by atoms with van der Waals surface area (Å²) in [5.74, 6) is 4.10. The van der Waals surface area contributed by atoms with E-state index >= 15 is 0 Å². The molecule has 0 saturated carbocycles. The highest BCUT2D eigenvalue weighted by Gasteiger charge is 1.99. The first-order valence-corrected chi connectivity index (χ1v) is 3.80. The zero-order valence-electron chi connectivity index (χ0n) is 7.58. The quantitative estimate of drug-likeness (QED) is 0.252. The van der Waals surface area contributed by atoms with Gasteiger partial charge in [-0.1, -0.05) is 18.7 Å². The summed E-state index contributed by atoms with van der Waals surface area (Å²) in [5.41, 5.74) is 3.38. The molecule has 4 heteroatoms. The summed E-state index contributed by atoms with van der Waals surface area (Å²) in [6.45, 7) is 5.76. The molecule has 0 amide bonds. The lowest BCUT2D eigenvalue weighted by Gasteiger charge is -1.97. The number of rotatable bonds is 5. The van der Waals surface area contributed by atoms with Crippen LogP contribution in [-0.2, 0) is 4.79 Å². The van der Waals surface area contributed by atoms with Crippen molar-refractivity contribution in [3.8, 4) is 0 Å². The van der Waals surface area contributed by atoms with Crippen LogP contribution >= 0.6 is 0 Å². The van der Waals surface area contributed by atoms with Crippen LogP contribution in [0.25, 0.3) is 0 Å². The molecule has 0 aromatic carbocycles. The van der Waals surface area contributed by atoms with E-state index in [-0.39, 0.29) is 5.57 Å². The fraction of sp³-hybridized carbons (Fsp3) is 0.222. The number of allylic oxidation sites excluding steroid dienone is 1. The van der Waals surface area contributed by atoms with Gasteiger partial charge in [0.05, 0.1) is 5.57 Å². The zero-order valence-corrected chi connectivity index (χ0v) is 7.58. The molecule has 0 saturated heterocycles. The maximum atomic E-state index is 10.5. The highest BCUT2D eigenvalue weighted by Crippen LogP contribution is 1.99. The van der Waals surface area contributed by atoms with E-state index in [0.29, 0.717) is 6.54 Å². The van der Waals surface area contributed by atoms with Crippen molar-refractivity contribution in [1.29, 1.82) is 0 Å². The lowest BCUT2D eigenvalue weighted by atomic mass is 10.2. The molecule has 0 rings (SSSR count). The van der Waals surface area contributed by atoms with E-state index in [2.05, 4.69) is 12.0 Å². The molecule has 0 atom stereocenters. The van der Waals surface area contributed by atoms with Crippen molar-refractivity contribution in [3.63, 3.8) is 0 Å². The van der Waals surface area contributed by atoms with Crippen LogP contribution in [0.3, 0.4) is 0 Å². The van der Waals surface area contributed by atoms with Gasteiger partial charge in [-0.25, -0.2) is 4.79 Å². The van der Waals surface area contributed by atoms with E-state index in [1.165, 1.54) is 12.2 Å². The lowest BCUT2D eigenvalue weighted by Crippen LogP contribution is -2.23. The Hall–Kier alpha value is -1.39. The molecule has 72 valence electrons. The Morgan fingerprint density at radius 3 is 2.62 bits per heavy atom. The van der Waals surface area contributed by atoms with Crippen LogP contribution in [0.1, 0.15) is 6.92 Å². The predicted octanol–water partition coefficient (Wildman–Crippen LogP) is 0.593. The predicted molar refractivity (Wildman–Crippen MR) is 51.9 cm³/mol. The standard InChI is InChI=1S/C9H14N2O2/c1-3-8(9(12)13)5-4-7(2)6-11-10/h3-5,11H,2,6,10H2,1H3,(H,12,13)/b5-4-,8-3+. The summed E-state index contributed by atoms with van der Waals surface area (Å²) in [7, 11) is 0. The van der Waals surface area contributed by atoms with Gasteiger partial charge in [0, 0.05) is 6.54 Å². The van der Waals surface area contributed by atoms with Crippen LogP contribution in [0.4, 0.5) is 0 Å². The summed E-state index contributed by atoms with van der Waals surface area (Å²) in [6, 6.07) is 0. The van der Waals surface area contributed by atoms with Gasteiger partial charge in [0.25, 0.3) is 0 Å². The number of aliphatic carboxylic acids is 1. The number of carboxylic acid groups (broad SMARTS) is 1. The first kappa shape index (κ1) is 11.6. The van der Waals surface area contributed by atoms with Gasteiger partial charge < -0.3 is 5.11 Å². The van der Waals surface area contributed by atoms with Crippen molar-refractivity contribution < 1.29 is 9.90 Å². The largest absolute Gasteiger partial charge is 0.478 e. The fourth-order valence-electron chi connectivity index (χ4n) is 0.689. The van der Waals surface area contributed by atoms with Crippen molar-refractivity contribution in [2.75, 3.05) is 6.54 Å². The molecular formula is C9H14N2O2. The van der Waals surface area contributed by atoms with Gasteiger partial charge in [-0.15, -0.1) is 0 Å². The summed E-state index contributed by atoms with van der Waals surface area (Å²) < 4.78 is 0. The molecule has 0 aliphatic carbocycles. The number of hydrogen-bond acceptors (Lipinski definition) is 3. The van der Waals surface area contributed by atoms with Gasteiger partial charge in [-0.2, -0.15) is 0 Å². The maximum absolute atomic E-state index is 10.5. The van der Waals surface area contributed by atoms with Crippen molar-refractivity contribution in [1.82, 2.24) is 5.43 Å². The highest BCUT2D eigenvalue weighted by atomic mass is 16.4. The van der Waals surface area contributed by atoms with Gasteiger partial charge >= 0.3 is 5.97 Å². The Labute approximate surface area is 77.4 Å². The molecule has 0 aliphatic heterocycles. The summed E-state index contributed by atoms with van der Waals surface area (Å²) >= 11 is 0. The third kappa shape index (κ3) is 4.95. The Morgan fingerprint density at radius 2 is 2.23 bits per heavy atom. The first-order valence-electron chi connectivity index (χ1n) is 3.80. The molecule has 0 spiro atoms. The Kier molecular flexibility index (Phi) is 5.50. The second-order valence-electron chi connectivity index (χ2n) is 2.42. The summed E-state index contributed by atoms with van der Waals surface area (Å²) in [4.78, 5) is 10.5. The lowest BCUT2D eigenvalue weighted by molar-refractivity contribution is -0.132.